The van der Waals surface area contributed by atoms with Crippen molar-refractivity contribution in [2.75, 3.05) is 13.2 Å². The van der Waals surface area contributed by atoms with E-state index < -0.39 is 5.60 Å². The molecule has 0 spiro atoms. The van der Waals surface area contributed by atoms with Crippen LogP contribution in [0.4, 0.5) is 4.39 Å². The van der Waals surface area contributed by atoms with Crippen molar-refractivity contribution in [3.05, 3.63) is 21.9 Å². The number of benzene rings is 1. The number of hydrogen-bond donors (Lipinski definition) is 1. The van der Waals surface area contributed by atoms with Crippen molar-refractivity contribution >= 4 is 15.9 Å². The summed E-state index contributed by atoms with van der Waals surface area (Å²) in [7, 11) is 0. The summed E-state index contributed by atoms with van der Waals surface area (Å²) >= 11 is 3.18. The van der Waals surface area contributed by atoms with Gasteiger partial charge in [-0.3, -0.25) is 0 Å². The molecule has 0 radical (unpaired) electrons. The zero-order valence-corrected chi connectivity index (χ0v) is 10.7. The molecule has 2 aliphatic rings. The van der Waals surface area contributed by atoms with E-state index in [0.717, 1.165) is 12.8 Å². The fourth-order valence-corrected chi connectivity index (χ4v) is 2.54. The molecule has 0 unspecified atom stereocenters. The predicted molar refractivity (Wildman–Crippen MR) is 63.0 cm³/mol. The van der Waals surface area contributed by atoms with Gasteiger partial charge in [-0.05, 0) is 40.4 Å². The second kappa shape index (κ2) is 3.85. The van der Waals surface area contributed by atoms with Crippen molar-refractivity contribution in [1.82, 2.24) is 0 Å². The summed E-state index contributed by atoms with van der Waals surface area (Å²) in [4.78, 5) is 0. The Morgan fingerprint density at radius 1 is 1.35 bits per heavy atom. The van der Waals surface area contributed by atoms with Crippen molar-refractivity contribution in [3.63, 3.8) is 0 Å². The third-order valence-electron chi connectivity index (χ3n) is 3.14. The van der Waals surface area contributed by atoms with Crippen molar-refractivity contribution in [2.45, 2.75) is 24.9 Å². The van der Waals surface area contributed by atoms with Gasteiger partial charge in [0.15, 0.2) is 11.5 Å². The predicted octanol–water partition coefficient (Wildman–Crippen LogP) is 2.43. The van der Waals surface area contributed by atoms with E-state index in [1.54, 1.807) is 6.07 Å². The summed E-state index contributed by atoms with van der Waals surface area (Å²) in [5.41, 5.74) is -0.245. The Morgan fingerprint density at radius 3 is 2.76 bits per heavy atom. The first-order valence-corrected chi connectivity index (χ1v) is 6.37. The van der Waals surface area contributed by atoms with Crippen LogP contribution in [-0.2, 0) is 6.42 Å². The highest BCUT2D eigenvalue weighted by Crippen LogP contribution is 2.44. The van der Waals surface area contributed by atoms with Crippen molar-refractivity contribution < 1.29 is 19.0 Å². The topological polar surface area (TPSA) is 38.7 Å². The number of hydrogen-bond acceptors (Lipinski definition) is 3. The smallest absolute Gasteiger partial charge is 0.178 e. The first-order chi connectivity index (χ1) is 8.09. The van der Waals surface area contributed by atoms with Crippen LogP contribution < -0.4 is 9.47 Å². The summed E-state index contributed by atoms with van der Waals surface area (Å²) in [5.74, 6) is 0.596. The van der Waals surface area contributed by atoms with Crippen molar-refractivity contribution in [3.8, 4) is 11.5 Å². The summed E-state index contributed by atoms with van der Waals surface area (Å²) in [6, 6.07) is 1.63. The SMILES string of the molecule is OC1(Cc2cc3c(c(Br)c2F)OCCO3)CC1. The van der Waals surface area contributed by atoms with Crippen LogP contribution in [0.25, 0.3) is 0 Å². The molecule has 0 aromatic heterocycles. The number of halogens is 2. The van der Waals surface area contributed by atoms with Crippen LogP contribution in [0.1, 0.15) is 18.4 Å². The molecular weight excluding hydrogens is 291 g/mol. The molecule has 1 N–H and O–H groups in total. The highest BCUT2D eigenvalue weighted by molar-refractivity contribution is 9.10. The Bertz CT molecular complexity index is 471. The molecule has 1 aliphatic carbocycles. The standard InChI is InChI=1S/C12H12BrFO3/c13-9-10(14)7(6-12(15)1-2-12)5-8-11(9)17-4-3-16-8/h5,15H,1-4,6H2. The maximum Gasteiger partial charge on any atom is 0.178 e. The molecule has 5 heteroatoms. The molecule has 0 saturated heterocycles. The molecule has 1 heterocycles. The van der Waals surface area contributed by atoms with E-state index in [-0.39, 0.29) is 10.3 Å². The Kier molecular flexibility index (Phi) is 2.56. The molecule has 1 saturated carbocycles. The molecule has 0 amide bonds. The van der Waals surface area contributed by atoms with Gasteiger partial charge >= 0.3 is 0 Å². The third-order valence-corrected chi connectivity index (χ3v) is 3.85. The van der Waals surface area contributed by atoms with E-state index in [1.165, 1.54) is 0 Å². The maximum absolute atomic E-state index is 14.1. The maximum atomic E-state index is 14.1. The third kappa shape index (κ3) is 2.02. The minimum atomic E-state index is -0.718. The van der Waals surface area contributed by atoms with Gasteiger partial charge in [0.2, 0.25) is 0 Å². The molecular formula is C12H12BrFO3. The molecule has 1 fully saturated rings. The lowest BCUT2D eigenvalue weighted by Crippen LogP contribution is -2.18. The van der Waals surface area contributed by atoms with E-state index >= 15 is 0 Å². The molecule has 3 rings (SSSR count). The van der Waals surface area contributed by atoms with E-state index in [4.69, 9.17) is 9.47 Å². The second-order valence-electron chi connectivity index (χ2n) is 4.59. The molecule has 1 aromatic rings. The molecule has 92 valence electrons. The largest absolute Gasteiger partial charge is 0.486 e. The van der Waals surface area contributed by atoms with Crippen LogP contribution in [0, 0.1) is 5.82 Å². The molecule has 0 atom stereocenters. The quantitative estimate of drug-likeness (QED) is 0.912. The van der Waals surface area contributed by atoms with Gasteiger partial charge < -0.3 is 14.6 Å². The van der Waals surface area contributed by atoms with E-state index in [9.17, 15) is 9.50 Å². The lowest BCUT2D eigenvalue weighted by Gasteiger charge is -2.21. The van der Waals surface area contributed by atoms with Gasteiger partial charge in [-0.1, -0.05) is 0 Å². The van der Waals surface area contributed by atoms with Gasteiger partial charge in [-0.15, -0.1) is 0 Å². The summed E-state index contributed by atoms with van der Waals surface area (Å²) in [5, 5.41) is 9.85. The van der Waals surface area contributed by atoms with Gasteiger partial charge in [0, 0.05) is 6.42 Å². The molecule has 3 nitrogen and oxygen atoms in total. The molecule has 0 bridgehead atoms. The summed E-state index contributed by atoms with van der Waals surface area (Å²) in [6.07, 6.45) is 1.80. The first kappa shape index (κ1) is 11.3. The summed E-state index contributed by atoms with van der Waals surface area (Å²) < 4.78 is 25.1. The van der Waals surface area contributed by atoms with Gasteiger partial charge in [0.25, 0.3) is 0 Å². The van der Waals surface area contributed by atoms with Crippen molar-refractivity contribution in [2.24, 2.45) is 0 Å². The number of ether oxygens (including phenoxy) is 2. The second-order valence-corrected chi connectivity index (χ2v) is 5.38. The Hall–Kier alpha value is -0.810. The normalized spacial score (nSPS) is 20.2. The minimum Gasteiger partial charge on any atom is -0.486 e. The highest BCUT2D eigenvalue weighted by atomic mass is 79.9. The zero-order chi connectivity index (χ0) is 12.0. The average Bonchev–Trinajstić information content (AvgIpc) is 3.04. The van der Waals surface area contributed by atoms with Gasteiger partial charge in [-0.25, -0.2) is 4.39 Å². The Morgan fingerprint density at radius 2 is 2.06 bits per heavy atom. The Labute approximate surface area is 107 Å². The Balaban J connectivity index is 2.01. The number of aliphatic hydroxyl groups is 1. The molecule has 1 aliphatic heterocycles. The fourth-order valence-electron chi connectivity index (χ4n) is 1.98. The molecule has 17 heavy (non-hydrogen) atoms. The van der Waals surface area contributed by atoms with Crippen LogP contribution >= 0.6 is 15.9 Å². The van der Waals surface area contributed by atoms with Crippen LogP contribution in [0.5, 0.6) is 11.5 Å². The van der Waals surface area contributed by atoms with E-state index in [2.05, 4.69) is 15.9 Å². The lowest BCUT2D eigenvalue weighted by molar-refractivity contribution is 0.148. The fraction of sp³-hybridized carbons (Fsp3) is 0.500. The molecule has 1 aromatic carbocycles. The van der Waals surface area contributed by atoms with Crippen LogP contribution in [0.2, 0.25) is 0 Å². The van der Waals surface area contributed by atoms with Gasteiger partial charge in [-0.2, -0.15) is 0 Å². The summed E-state index contributed by atoms with van der Waals surface area (Å²) in [6.45, 7) is 0.892. The van der Waals surface area contributed by atoms with Crippen LogP contribution in [0.15, 0.2) is 10.5 Å². The average molecular weight is 303 g/mol. The van der Waals surface area contributed by atoms with Crippen LogP contribution in [0.3, 0.4) is 0 Å². The monoisotopic (exact) mass is 302 g/mol. The lowest BCUT2D eigenvalue weighted by atomic mass is 10.0. The first-order valence-electron chi connectivity index (χ1n) is 5.58. The van der Waals surface area contributed by atoms with Crippen molar-refractivity contribution in [1.29, 1.82) is 0 Å². The van der Waals surface area contributed by atoms with E-state index in [0.29, 0.717) is 36.7 Å². The van der Waals surface area contributed by atoms with E-state index in [1.807, 2.05) is 0 Å². The zero-order valence-electron chi connectivity index (χ0n) is 9.13. The minimum absolute atomic E-state index is 0.286. The number of rotatable bonds is 2. The van der Waals surface area contributed by atoms with Gasteiger partial charge in [0.1, 0.15) is 19.0 Å². The highest BCUT2D eigenvalue weighted by Gasteiger charge is 2.41. The van der Waals surface area contributed by atoms with Crippen LogP contribution in [-0.4, -0.2) is 23.9 Å². The number of fused-ring (bicyclic) bond motifs is 1. The van der Waals surface area contributed by atoms with Gasteiger partial charge in [0.05, 0.1) is 10.1 Å².